The number of rotatable bonds is 6. The van der Waals surface area contributed by atoms with Crippen molar-refractivity contribution in [1.29, 1.82) is 0 Å². The molecule has 1 aromatic carbocycles. The fourth-order valence-corrected chi connectivity index (χ4v) is 2.76. The Balaban J connectivity index is 1.93. The second kappa shape index (κ2) is 6.80. The Hall–Kier alpha value is -1.73. The van der Waals surface area contributed by atoms with Gasteiger partial charge in [-0.3, -0.25) is 4.79 Å². The van der Waals surface area contributed by atoms with Crippen molar-refractivity contribution in [1.82, 2.24) is 25.2 Å². The Labute approximate surface area is 144 Å². The number of likely N-dealkylation sites (N-methyl/N-ethyl adjacent to an activating group) is 2. The molecule has 1 N–H and O–H groups in total. The third kappa shape index (κ3) is 3.45. The van der Waals surface area contributed by atoms with Gasteiger partial charge in [-0.05, 0) is 44.2 Å². The quantitative estimate of drug-likeness (QED) is 0.837. The van der Waals surface area contributed by atoms with Crippen molar-refractivity contribution in [2.24, 2.45) is 0 Å². The summed E-state index contributed by atoms with van der Waals surface area (Å²) < 4.78 is 2.82. The third-order valence-electron chi connectivity index (χ3n) is 3.99. The van der Waals surface area contributed by atoms with Gasteiger partial charge in [-0.2, -0.15) is 0 Å². The molecule has 0 radical (unpaired) electrons. The SMILES string of the molecule is CNCCN(C)C(=O)c1nnn(-c2ccc(Br)cc2)c1C1CC1. The summed E-state index contributed by atoms with van der Waals surface area (Å²) in [5.41, 5.74) is 2.35. The number of amides is 1. The molecule has 1 saturated carbocycles. The van der Waals surface area contributed by atoms with Crippen molar-refractivity contribution < 1.29 is 4.79 Å². The zero-order chi connectivity index (χ0) is 16.4. The van der Waals surface area contributed by atoms with Crippen molar-refractivity contribution in [3.63, 3.8) is 0 Å². The minimum Gasteiger partial charge on any atom is -0.339 e. The molecule has 6 nitrogen and oxygen atoms in total. The van der Waals surface area contributed by atoms with E-state index in [4.69, 9.17) is 0 Å². The first-order valence-corrected chi connectivity index (χ1v) is 8.52. The molecule has 1 amide bonds. The maximum Gasteiger partial charge on any atom is 0.276 e. The van der Waals surface area contributed by atoms with E-state index in [0.29, 0.717) is 18.2 Å². The number of hydrogen-bond acceptors (Lipinski definition) is 4. The van der Waals surface area contributed by atoms with E-state index >= 15 is 0 Å². The highest BCUT2D eigenvalue weighted by Crippen LogP contribution is 2.42. The Morgan fingerprint density at radius 1 is 1.39 bits per heavy atom. The fraction of sp³-hybridized carbons (Fsp3) is 0.438. The number of carbonyl (C=O) groups is 1. The number of nitrogens with one attached hydrogen (secondary N) is 1. The van der Waals surface area contributed by atoms with Crippen molar-refractivity contribution >= 4 is 21.8 Å². The lowest BCUT2D eigenvalue weighted by Crippen LogP contribution is -2.33. The summed E-state index contributed by atoms with van der Waals surface area (Å²) in [6, 6.07) is 7.88. The molecule has 1 aliphatic rings. The molecule has 7 heteroatoms. The van der Waals surface area contributed by atoms with Gasteiger partial charge in [0.25, 0.3) is 5.91 Å². The van der Waals surface area contributed by atoms with Crippen LogP contribution in [-0.2, 0) is 0 Å². The van der Waals surface area contributed by atoms with Gasteiger partial charge in [-0.25, -0.2) is 4.68 Å². The molecular weight excluding hydrogens is 358 g/mol. The topological polar surface area (TPSA) is 63.1 Å². The van der Waals surface area contributed by atoms with Crippen LogP contribution in [0.3, 0.4) is 0 Å². The molecule has 1 fully saturated rings. The van der Waals surface area contributed by atoms with E-state index in [9.17, 15) is 4.79 Å². The van der Waals surface area contributed by atoms with Gasteiger partial charge in [-0.1, -0.05) is 21.1 Å². The van der Waals surface area contributed by atoms with Gasteiger partial charge in [-0.15, -0.1) is 5.10 Å². The number of aromatic nitrogens is 3. The van der Waals surface area contributed by atoms with Crippen LogP contribution in [0.25, 0.3) is 5.69 Å². The highest BCUT2D eigenvalue weighted by atomic mass is 79.9. The molecule has 1 aromatic heterocycles. The molecule has 0 saturated heterocycles. The van der Waals surface area contributed by atoms with Crippen molar-refractivity contribution in [3.05, 3.63) is 40.1 Å². The van der Waals surface area contributed by atoms with E-state index in [1.165, 1.54) is 0 Å². The molecule has 0 atom stereocenters. The number of carbonyl (C=O) groups excluding carboxylic acids is 1. The highest BCUT2D eigenvalue weighted by Gasteiger charge is 2.35. The fourth-order valence-electron chi connectivity index (χ4n) is 2.50. The summed E-state index contributed by atoms with van der Waals surface area (Å²) in [4.78, 5) is 14.4. The minimum absolute atomic E-state index is 0.0643. The van der Waals surface area contributed by atoms with Crippen LogP contribution < -0.4 is 5.32 Å². The number of benzene rings is 1. The monoisotopic (exact) mass is 377 g/mol. The second-order valence-corrected chi connectivity index (χ2v) is 6.73. The van der Waals surface area contributed by atoms with Crippen LogP contribution >= 0.6 is 15.9 Å². The maximum atomic E-state index is 12.7. The second-order valence-electron chi connectivity index (χ2n) is 5.82. The largest absolute Gasteiger partial charge is 0.339 e. The highest BCUT2D eigenvalue weighted by molar-refractivity contribution is 9.10. The molecule has 0 aliphatic heterocycles. The molecule has 0 bridgehead atoms. The minimum atomic E-state index is -0.0643. The van der Waals surface area contributed by atoms with E-state index < -0.39 is 0 Å². The summed E-state index contributed by atoms with van der Waals surface area (Å²) in [6.07, 6.45) is 2.18. The molecular formula is C16H20BrN5O. The molecule has 23 heavy (non-hydrogen) atoms. The Kier molecular flexibility index (Phi) is 4.77. The van der Waals surface area contributed by atoms with Gasteiger partial charge in [0, 0.05) is 30.5 Å². The van der Waals surface area contributed by atoms with E-state index in [0.717, 1.165) is 35.2 Å². The predicted octanol–water partition coefficient (Wildman–Crippen LogP) is 2.20. The van der Waals surface area contributed by atoms with Crippen LogP contribution in [0.15, 0.2) is 28.7 Å². The predicted molar refractivity (Wildman–Crippen MR) is 91.9 cm³/mol. The number of nitrogens with zero attached hydrogens (tertiary/aromatic N) is 4. The van der Waals surface area contributed by atoms with Crippen LogP contribution in [0.2, 0.25) is 0 Å². The normalized spacial score (nSPS) is 14.0. The van der Waals surface area contributed by atoms with E-state index in [-0.39, 0.29) is 5.91 Å². The Morgan fingerprint density at radius 3 is 2.70 bits per heavy atom. The molecule has 1 aliphatic carbocycles. The summed E-state index contributed by atoms with van der Waals surface area (Å²) in [6.45, 7) is 1.40. The number of hydrogen-bond donors (Lipinski definition) is 1. The summed E-state index contributed by atoms with van der Waals surface area (Å²) in [7, 11) is 3.67. The average Bonchev–Trinajstić information content (AvgIpc) is 3.31. The van der Waals surface area contributed by atoms with Gasteiger partial charge in [0.15, 0.2) is 5.69 Å². The molecule has 2 aromatic rings. The van der Waals surface area contributed by atoms with E-state index in [1.54, 1.807) is 11.9 Å². The summed E-state index contributed by atoms with van der Waals surface area (Å²) >= 11 is 3.44. The first-order valence-electron chi connectivity index (χ1n) is 7.73. The van der Waals surface area contributed by atoms with Crippen LogP contribution in [0.1, 0.15) is 34.9 Å². The summed E-state index contributed by atoms with van der Waals surface area (Å²) in [5.74, 6) is 0.316. The standard InChI is InChI=1S/C16H20BrN5O/c1-18-9-10-21(2)16(23)14-15(11-3-4-11)22(20-19-14)13-7-5-12(17)6-8-13/h5-8,11,18H,3-4,9-10H2,1-2H3. The molecule has 1 heterocycles. The van der Waals surface area contributed by atoms with Crippen molar-refractivity contribution in [3.8, 4) is 5.69 Å². The first kappa shape index (κ1) is 16.1. The molecule has 3 rings (SSSR count). The Morgan fingerprint density at radius 2 is 2.09 bits per heavy atom. The number of halogens is 1. The molecule has 122 valence electrons. The van der Waals surface area contributed by atoms with Crippen LogP contribution in [-0.4, -0.2) is 53.0 Å². The molecule has 0 unspecified atom stereocenters. The lowest BCUT2D eigenvalue weighted by Gasteiger charge is -2.16. The van der Waals surface area contributed by atoms with Gasteiger partial charge in [0.2, 0.25) is 0 Å². The summed E-state index contributed by atoms with van der Waals surface area (Å²) in [5, 5.41) is 11.5. The van der Waals surface area contributed by atoms with Gasteiger partial charge < -0.3 is 10.2 Å². The van der Waals surface area contributed by atoms with Crippen LogP contribution in [0.5, 0.6) is 0 Å². The average molecular weight is 378 g/mol. The lowest BCUT2D eigenvalue weighted by molar-refractivity contribution is 0.0790. The smallest absolute Gasteiger partial charge is 0.276 e. The zero-order valence-electron chi connectivity index (χ0n) is 13.3. The third-order valence-corrected chi connectivity index (χ3v) is 4.52. The lowest BCUT2D eigenvalue weighted by atomic mass is 10.2. The van der Waals surface area contributed by atoms with Crippen molar-refractivity contribution in [2.45, 2.75) is 18.8 Å². The maximum absolute atomic E-state index is 12.7. The Bertz CT molecular complexity index is 693. The van der Waals surface area contributed by atoms with Gasteiger partial charge in [0.05, 0.1) is 11.4 Å². The molecule has 0 spiro atoms. The van der Waals surface area contributed by atoms with Crippen molar-refractivity contribution in [2.75, 3.05) is 27.2 Å². The van der Waals surface area contributed by atoms with E-state index in [1.807, 2.05) is 36.0 Å². The zero-order valence-corrected chi connectivity index (χ0v) is 14.9. The van der Waals surface area contributed by atoms with Gasteiger partial charge in [0.1, 0.15) is 0 Å². The van der Waals surface area contributed by atoms with Crippen LogP contribution in [0, 0.1) is 0 Å². The first-order chi connectivity index (χ1) is 11.1. The van der Waals surface area contributed by atoms with E-state index in [2.05, 4.69) is 31.6 Å². The van der Waals surface area contributed by atoms with Gasteiger partial charge >= 0.3 is 0 Å². The van der Waals surface area contributed by atoms with Crippen LogP contribution in [0.4, 0.5) is 0 Å².